The third-order valence-corrected chi connectivity index (χ3v) is 8.41. The lowest BCUT2D eigenvalue weighted by Gasteiger charge is -2.45. The van der Waals surface area contributed by atoms with Gasteiger partial charge in [-0.15, -0.1) is 11.3 Å². The number of thiazole rings is 1. The van der Waals surface area contributed by atoms with E-state index in [1.165, 1.54) is 21.1 Å². The third kappa shape index (κ3) is 5.53. The standard InChI is InChI=1S/C25H34ClN3O2S/c1-4-27-24(30)23-14-29(22(15-31-23)13-18-5-9-20(26)10-6-18)21-11-7-19(8-12-21)25-28-16(2)17(3)32-25/h5-6,9-10,19,21-23H,4,7-8,11-15H2,1-3H3,(H,27,30). The van der Waals surface area contributed by atoms with E-state index in [0.717, 1.165) is 37.1 Å². The van der Waals surface area contributed by atoms with Crippen LogP contribution < -0.4 is 5.32 Å². The minimum Gasteiger partial charge on any atom is -0.365 e. The van der Waals surface area contributed by atoms with E-state index in [4.69, 9.17) is 21.3 Å². The molecule has 2 heterocycles. The molecule has 0 spiro atoms. The minimum atomic E-state index is -0.390. The summed E-state index contributed by atoms with van der Waals surface area (Å²) < 4.78 is 6.04. The second-order valence-electron chi connectivity index (χ2n) is 9.10. The molecule has 32 heavy (non-hydrogen) atoms. The molecule has 0 bridgehead atoms. The number of rotatable bonds is 6. The van der Waals surface area contributed by atoms with Crippen LogP contribution >= 0.6 is 22.9 Å². The zero-order valence-electron chi connectivity index (χ0n) is 19.3. The molecular formula is C25H34ClN3O2S. The van der Waals surface area contributed by atoms with Crippen LogP contribution in [-0.2, 0) is 16.0 Å². The molecule has 1 amide bonds. The number of amides is 1. The molecule has 1 aromatic carbocycles. The van der Waals surface area contributed by atoms with Gasteiger partial charge in [0.15, 0.2) is 0 Å². The van der Waals surface area contributed by atoms with Crippen molar-refractivity contribution in [1.29, 1.82) is 0 Å². The van der Waals surface area contributed by atoms with Gasteiger partial charge < -0.3 is 10.1 Å². The molecule has 2 aromatic rings. The van der Waals surface area contributed by atoms with E-state index in [9.17, 15) is 4.79 Å². The van der Waals surface area contributed by atoms with E-state index >= 15 is 0 Å². The van der Waals surface area contributed by atoms with Crippen molar-refractivity contribution in [3.8, 4) is 0 Å². The predicted molar refractivity (Wildman–Crippen MR) is 131 cm³/mol. The SMILES string of the molecule is CCNC(=O)C1CN(C2CCC(c3nc(C)c(C)s3)CC2)C(Cc2ccc(Cl)cc2)CO1. The lowest BCUT2D eigenvalue weighted by molar-refractivity contribution is -0.145. The first-order valence-corrected chi connectivity index (χ1v) is 13.0. The molecule has 1 aliphatic carbocycles. The molecule has 5 nitrogen and oxygen atoms in total. The zero-order chi connectivity index (χ0) is 22.7. The Labute approximate surface area is 200 Å². The van der Waals surface area contributed by atoms with Crippen molar-refractivity contribution >= 4 is 28.8 Å². The van der Waals surface area contributed by atoms with Gasteiger partial charge in [0, 0.05) is 41.0 Å². The van der Waals surface area contributed by atoms with E-state index in [1.54, 1.807) is 0 Å². The van der Waals surface area contributed by atoms with Gasteiger partial charge in [0.05, 0.1) is 17.3 Å². The fourth-order valence-electron chi connectivity index (χ4n) is 5.01. The maximum atomic E-state index is 12.5. The summed E-state index contributed by atoms with van der Waals surface area (Å²) in [4.78, 5) is 21.2. The van der Waals surface area contributed by atoms with Crippen LogP contribution in [0, 0.1) is 13.8 Å². The summed E-state index contributed by atoms with van der Waals surface area (Å²) in [6.45, 7) is 8.09. The van der Waals surface area contributed by atoms with Crippen molar-refractivity contribution in [2.45, 2.75) is 77.0 Å². The molecule has 2 fully saturated rings. The smallest absolute Gasteiger partial charge is 0.250 e. The lowest BCUT2D eigenvalue weighted by Crippen LogP contribution is -2.58. The van der Waals surface area contributed by atoms with Crippen LogP contribution in [0.1, 0.15) is 59.7 Å². The number of carbonyl (C=O) groups is 1. The molecule has 2 atom stereocenters. The van der Waals surface area contributed by atoms with Crippen LogP contribution in [-0.4, -0.2) is 53.7 Å². The molecule has 2 aliphatic rings. The highest BCUT2D eigenvalue weighted by Gasteiger charge is 2.38. The van der Waals surface area contributed by atoms with Gasteiger partial charge in [-0.05, 0) is 70.6 Å². The predicted octanol–water partition coefficient (Wildman–Crippen LogP) is 4.89. The maximum Gasteiger partial charge on any atom is 0.250 e. The summed E-state index contributed by atoms with van der Waals surface area (Å²) in [5, 5.41) is 4.99. The molecule has 2 unspecified atom stereocenters. The molecule has 7 heteroatoms. The number of hydrogen-bond donors (Lipinski definition) is 1. The number of ether oxygens (including phenoxy) is 1. The fraction of sp³-hybridized carbons (Fsp3) is 0.600. The van der Waals surface area contributed by atoms with Crippen LogP contribution in [0.3, 0.4) is 0 Å². The normalized spacial score (nSPS) is 26.8. The van der Waals surface area contributed by atoms with E-state index in [1.807, 2.05) is 30.4 Å². The third-order valence-electron chi connectivity index (χ3n) is 6.92. The average molecular weight is 476 g/mol. The van der Waals surface area contributed by atoms with Crippen LogP contribution in [0.15, 0.2) is 24.3 Å². The van der Waals surface area contributed by atoms with Gasteiger partial charge in [-0.3, -0.25) is 9.69 Å². The molecule has 0 radical (unpaired) electrons. The molecule has 1 aromatic heterocycles. The van der Waals surface area contributed by atoms with Gasteiger partial charge in [0.25, 0.3) is 0 Å². The average Bonchev–Trinajstić information content (AvgIpc) is 3.14. The Morgan fingerprint density at radius 1 is 1.22 bits per heavy atom. The van der Waals surface area contributed by atoms with E-state index in [-0.39, 0.29) is 11.9 Å². The summed E-state index contributed by atoms with van der Waals surface area (Å²) in [5.74, 6) is 0.573. The number of nitrogens with zero attached hydrogens (tertiary/aromatic N) is 2. The highest BCUT2D eigenvalue weighted by Crippen LogP contribution is 2.38. The first-order chi connectivity index (χ1) is 15.4. The number of benzene rings is 1. The first-order valence-electron chi connectivity index (χ1n) is 11.8. The number of nitrogens with one attached hydrogen (secondary N) is 1. The summed E-state index contributed by atoms with van der Waals surface area (Å²) in [7, 11) is 0. The topological polar surface area (TPSA) is 54.5 Å². The van der Waals surface area contributed by atoms with Gasteiger partial charge >= 0.3 is 0 Å². The Bertz CT molecular complexity index is 889. The Morgan fingerprint density at radius 2 is 1.94 bits per heavy atom. The van der Waals surface area contributed by atoms with Crippen LogP contribution in [0.2, 0.25) is 5.02 Å². The van der Waals surface area contributed by atoms with Gasteiger partial charge in [-0.2, -0.15) is 0 Å². The van der Waals surface area contributed by atoms with Crippen LogP contribution in [0.4, 0.5) is 0 Å². The van der Waals surface area contributed by atoms with Crippen molar-refractivity contribution < 1.29 is 9.53 Å². The highest BCUT2D eigenvalue weighted by molar-refractivity contribution is 7.11. The molecule has 1 aliphatic heterocycles. The number of aromatic nitrogens is 1. The molecule has 1 saturated carbocycles. The van der Waals surface area contributed by atoms with Crippen molar-refractivity contribution in [1.82, 2.24) is 15.2 Å². The molecule has 174 valence electrons. The van der Waals surface area contributed by atoms with Crippen LogP contribution in [0.25, 0.3) is 0 Å². The minimum absolute atomic E-state index is 0.00450. The molecule has 1 saturated heterocycles. The van der Waals surface area contributed by atoms with Crippen molar-refractivity contribution in [3.63, 3.8) is 0 Å². The maximum absolute atomic E-state index is 12.5. The zero-order valence-corrected chi connectivity index (χ0v) is 20.8. The van der Waals surface area contributed by atoms with E-state index in [0.29, 0.717) is 31.7 Å². The Balaban J connectivity index is 1.45. The molecule has 4 rings (SSSR count). The highest BCUT2D eigenvalue weighted by atomic mass is 35.5. The van der Waals surface area contributed by atoms with Gasteiger partial charge in [0.1, 0.15) is 6.10 Å². The van der Waals surface area contributed by atoms with E-state index < -0.39 is 6.10 Å². The number of halogens is 1. The Hall–Kier alpha value is -1.47. The summed E-state index contributed by atoms with van der Waals surface area (Å²) in [6, 6.07) is 8.84. The number of hydrogen-bond acceptors (Lipinski definition) is 5. The second kappa shape index (κ2) is 10.6. The number of likely N-dealkylation sites (N-methyl/N-ethyl adjacent to an activating group) is 1. The number of carbonyl (C=O) groups excluding carboxylic acids is 1. The monoisotopic (exact) mass is 475 g/mol. The fourth-order valence-corrected chi connectivity index (χ4v) is 6.22. The van der Waals surface area contributed by atoms with Gasteiger partial charge in [-0.1, -0.05) is 23.7 Å². The van der Waals surface area contributed by atoms with E-state index in [2.05, 4.69) is 36.2 Å². The summed E-state index contributed by atoms with van der Waals surface area (Å²) >= 11 is 7.94. The Kier molecular flexibility index (Phi) is 7.87. The summed E-state index contributed by atoms with van der Waals surface area (Å²) in [6.07, 6.45) is 5.12. The summed E-state index contributed by atoms with van der Waals surface area (Å²) in [5.41, 5.74) is 2.43. The van der Waals surface area contributed by atoms with Crippen molar-refractivity contribution in [3.05, 3.63) is 50.4 Å². The first kappa shape index (κ1) is 23.7. The van der Waals surface area contributed by atoms with Gasteiger partial charge in [0.2, 0.25) is 5.91 Å². The molecule has 1 N–H and O–H groups in total. The largest absolute Gasteiger partial charge is 0.365 e. The molecular weight excluding hydrogens is 442 g/mol. The lowest BCUT2D eigenvalue weighted by atomic mass is 9.84. The van der Waals surface area contributed by atoms with Crippen molar-refractivity contribution in [2.75, 3.05) is 19.7 Å². The quantitative estimate of drug-likeness (QED) is 0.646. The van der Waals surface area contributed by atoms with Gasteiger partial charge in [-0.25, -0.2) is 4.98 Å². The number of morpholine rings is 1. The van der Waals surface area contributed by atoms with Crippen molar-refractivity contribution in [2.24, 2.45) is 0 Å². The Morgan fingerprint density at radius 3 is 2.56 bits per heavy atom. The second-order valence-corrected chi connectivity index (χ2v) is 10.8. The number of aryl methyl sites for hydroxylation is 2. The van der Waals surface area contributed by atoms with Crippen LogP contribution in [0.5, 0.6) is 0 Å².